The van der Waals surface area contributed by atoms with Crippen LogP contribution < -0.4 is 0 Å². The van der Waals surface area contributed by atoms with Crippen molar-refractivity contribution >= 4 is 26.5 Å². The number of unbranched alkanes of at least 4 members (excludes halogenated alkanes) is 2. The van der Waals surface area contributed by atoms with Crippen LogP contribution >= 0.6 is 11.8 Å². The number of rotatable bonds is 16. The molecule has 0 aromatic heterocycles. The van der Waals surface area contributed by atoms with Crippen LogP contribution in [0.2, 0.25) is 5.54 Å². The van der Waals surface area contributed by atoms with Crippen LogP contribution in [0.3, 0.4) is 0 Å². The average Bonchev–Trinajstić information content (AvgIpc) is 2.54. The Bertz CT molecular complexity index is 313. The van der Waals surface area contributed by atoms with Gasteiger partial charge in [0.25, 0.3) is 0 Å². The van der Waals surface area contributed by atoms with Crippen molar-refractivity contribution in [2.75, 3.05) is 25.6 Å². The van der Waals surface area contributed by atoms with Crippen LogP contribution in [0.1, 0.15) is 66.7 Å². The van der Waals surface area contributed by atoms with Gasteiger partial charge in [-0.25, -0.2) is 0 Å². The minimum atomic E-state index is -3.05. The van der Waals surface area contributed by atoms with Crippen molar-refractivity contribution in [2.45, 2.75) is 77.5 Å². The van der Waals surface area contributed by atoms with Gasteiger partial charge in [0, 0.05) is 19.8 Å². The first kappa shape index (κ1) is 23.9. The molecule has 2 atom stereocenters. The number of thioether (sulfide) groups is 1. The van der Waals surface area contributed by atoms with Gasteiger partial charge in [0.2, 0.25) is 0 Å². The molecule has 0 heterocycles. The normalized spacial score (nSPS) is 14.5. The quantitative estimate of drug-likeness (QED) is 0.312. The van der Waals surface area contributed by atoms with E-state index in [1.165, 1.54) is 11.8 Å². The largest absolute Gasteiger partial charge is 0.505 e. The Balaban J connectivity index is 5.63. The minimum absolute atomic E-state index is 0.210. The summed E-state index contributed by atoms with van der Waals surface area (Å²) in [6.07, 6.45) is 4.87. The summed E-state index contributed by atoms with van der Waals surface area (Å²) in [7, 11) is -3.05. The Labute approximate surface area is 153 Å². The van der Waals surface area contributed by atoms with Crippen LogP contribution in [-0.2, 0) is 18.1 Å². The Morgan fingerprint density at radius 3 is 1.88 bits per heavy atom. The van der Waals surface area contributed by atoms with Gasteiger partial charge >= 0.3 is 14.8 Å². The maximum absolute atomic E-state index is 12.0. The van der Waals surface area contributed by atoms with Crippen LogP contribution in [0, 0.1) is 0 Å². The molecule has 1 N–H and O–H groups in total. The lowest BCUT2D eigenvalue weighted by atomic mass is 10.1. The fraction of sp³-hybridized carbons (Fsp3) is 0.941. The highest BCUT2D eigenvalue weighted by atomic mass is 32.2. The zero-order chi connectivity index (χ0) is 18.4. The molecule has 144 valence electrons. The molecule has 0 rings (SSSR count). The van der Waals surface area contributed by atoms with E-state index < -0.39 is 20.0 Å². The number of hydrogen-bond acceptors (Lipinski definition) is 5. The smallest absolute Gasteiger partial charge is 0.480 e. The molecule has 5 nitrogen and oxygen atoms in total. The number of carboxylic acids is 1. The van der Waals surface area contributed by atoms with E-state index >= 15 is 0 Å². The van der Waals surface area contributed by atoms with E-state index in [4.69, 9.17) is 13.3 Å². The molecule has 0 aliphatic carbocycles. The fourth-order valence-electron chi connectivity index (χ4n) is 2.78. The lowest BCUT2D eigenvalue weighted by Crippen LogP contribution is -2.54. The van der Waals surface area contributed by atoms with E-state index in [1.54, 1.807) is 0 Å². The monoisotopic (exact) mass is 380 g/mol. The minimum Gasteiger partial charge on any atom is -0.480 e. The van der Waals surface area contributed by atoms with E-state index in [2.05, 4.69) is 13.8 Å². The molecule has 7 heteroatoms. The highest BCUT2D eigenvalue weighted by Gasteiger charge is 2.54. The number of hydrogen-bond donors (Lipinski definition) is 1. The fourth-order valence-corrected chi connectivity index (χ4v) is 7.74. The van der Waals surface area contributed by atoms with E-state index in [0.29, 0.717) is 19.8 Å². The molecule has 2 unspecified atom stereocenters. The number of carboxylic acid groups (broad SMARTS) is 1. The third kappa shape index (κ3) is 7.87. The summed E-state index contributed by atoms with van der Waals surface area (Å²) in [4.78, 5) is 12.0. The van der Waals surface area contributed by atoms with Gasteiger partial charge in [0.15, 0.2) is 0 Å². The summed E-state index contributed by atoms with van der Waals surface area (Å²) < 4.78 is 18.1. The van der Waals surface area contributed by atoms with Crippen LogP contribution in [0.5, 0.6) is 0 Å². The van der Waals surface area contributed by atoms with Crippen LogP contribution in [0.15, 0.2) is 0 Å². The van der Waals surface area contributed by atoms with Crippen molar-refractivity contribution < 1.29 is 23.2 Å². The van der Waals surface area contributed by atoms with E-state index in [1.807, 2.05) is 20.8 Å². The lowest BCUT2D eigenvalue weighted by Gasteiger charge is -2.38. The van der Waals surface area contributed by atoms with Gasteiger partial charge in [-0.1, -0.05) is 33.1 Å². The molecular formula is C17H36O5SSi. The van der Waals surface area contributed by atoms with Gasteiger partial charge in [0.05, 0.1) is 5.54 Å². The van der Waals surface area contributed by atoms with Crippen LogP contribution in [-0.4, -0.2) is 50.7 Å². The maximum Gasteiger partial charge on any atom is 0.505 e. The number of aliphatic carboxylic acids is 1. The molecule has 0 saturated heterocycles. The molecule has 24 heavy (non-hydrogen) atoms. The highest BCUT2D eigenvalue weighted by Crippen LogP contribution is 2.40. The van der Waals surface area contributed by atoms with Crippen molar-refractivity contribution in [1.29, 1.82) is 0 Å². The summed E-state index contributed by atoms with van der Waals surface area (Å²) in [6.45, 7) is 11.4. The Hall–Kier alpha value is -0.0831. The first-order valence-corrected chi connectivity index (χ1v) is 12.1. The summed E-state index contributed by atoms with van der Waals surface area (Å²) >= 11 is 1.50. The number of carbonyl (C=O) groups is 1. The maximum atomic E-state index is 12.0. The van der Waals surface area contributed by atoms with Crippen LogP contribution in [0.4, 0.5) is 0 Å². The summed E-state index contributed by atoms with van der Waals surface area (Å²) in [5, 5.41) is 9.29. The standard InChI is InChI=1S/C17H36O5SSi/c1-6-11-12-13-15(16(17(18)19)23-14-7-2)24(20-8-3,21-9-4)22-10-5/h15-16H,6-14H2,1-5H3,(H,18,19). The summed E-state index contributed by atoms with van der Waals surface area (Å²) in [6, 6.07) is 0. The van der Waals surface area contributed by atoms with E-state index in [-0.39, 0.29) is 5.54 Å². The first-order chi connectivity index (χ1) is 11.5. The van der Waals surface area contributed by atoms with Gasteiger partial charge in [-0.05, 0) is 39.4 Å². The van der Waals surface area contributed by atoms with Gasteiger partial charge in [-0.2, -0.15) is 0 Å². The second kappa shape index (κ2) is 14.1. The Morgan fingerprint density at radius 2 is 1.50 bits per heavy atom. The zero-order valence-corrected chi connectivity index (χ0v) is 17.8. The molecule has 0 aliphatic rings. The molecular weight excluding hydrogens is 344 g/mol. The topological polar surface area (TPSA) is 65.0 Å². The third-order valence-corrected chi connectivity index (χ3v) is 9.10. The van der Waals surface area contributed by atoms with Crippen LogP contribution in [0.25, 0.3) is 0 Å². The zero-order valence-electron chi connectivity index (χ0n) is 16.0. The molecule has 0 amide bonds. The molecule has 0 bridgehead atoms. The lowest BCUT2D eigenvalue weighted by molar-refractivity contribution is -0.137. The summed E-state index contributed by atoms with van der Waals surface area (Å²) in [5.74, 6) is 0.0294. The molecule has 0 aromatic rings. The highest BCUT2D eigenvalue weighted by molar-refractivity contribution is 8.00. The molecule has 0 radical (unpaired) electrons. The van der Waals surface area contributed by atoms with Crippen molar-refractivity contribution in [3.8, 4) is 0 Å². The molecule has 0 saturated carbocycles. The predicted octanol–water partition coefficient (Wildman–Crippen LogP) is 4.58. The van der Waals surface area contributed by atoms with Crippen molar-refractivity contribution in [2.24, 2.45) is 0 Å². The van der Waals surface area contributed by atoms with Gasteiger partial charge in [-0.15, -0.1) is 11.8 Å². The SMILES string of the molecule is CCCCCC(C(SCCC)C(=O)O)[Si](OCC)(OCC)OCC. The van der Waals surface area contributed by atoms with Crippen molar-refractivity contribution in [3.63, 3.8) is 0 Å². The Morgan fingerprint density at radius 1 is 0.958 bits per heavy atom. The third-order valence-electron chi connectivity index (χ3n) is 3.72. The first-order valence-electron chi connectivity index (χ1n) is 9.28. The van der Waals surface area contributed by atoms with E-state index in [9.17, 15) is 9.90 Å². The van der Waals surface area contributed by atoms with Crippen molar-refractivity contribution in [1.82, 2.24) is 0 Å². The second-order valence-electron chi connectivity index (χ2n) is 5.63. The van der Waals surface area contributed by atoms with Gasteiger partial charge in [0.1, 0.15) is 5.25 Å². The van der Waals surface area contributed by atoms with E-state index in [0.717, 1.165) is 37.9 Å². The van der Waals surface area contributed by atoms with Gasteiger partial charge in [-0.3, -0.25) is 4.79 Å². The molecule has 0 fully saturated rings. The molecule has 0 spiro atoms. The second-order valence-corrected chi connectivity index (χ2v) is 9.70. The average molecular weight is 381 g/mol. The van der Waals surface area contributed by atoms with Crippen molar-refractivity contribution in [3.05, 3.63) is 0 Å². The molecule has 0 aromatic carbocycles. The molecule has 0 aliphatic heterocycles. The predicted molar refractivity (Wildman–Crippen MR) is 103 cm³/mol. The van der Waals surface area contributed by atoms with Gasteiger partial charge < -0.3 is 18.4 Å². The Kier molecular flexibility index (Phi) is 14.1. The summed E-state index contributed by atoms with van der Waals surface area (Å²) in [5.41, 5.74) is -0.210.